The van der Waals surface area contributed by atoms with Crippen molar-refractivity contribution >= 4 is 30.0 Å². The number of carbonyl (C=O) groups is 1. The van der Waals surface area contributed by atoms with E-state index in [1.165, 1.54) is 0 Å². The maximum atomic E-state index is 10.7. The van der Waals surface area contributed by atoms with Crippen molar-refractivity contribution in [1.82, 2.24) is 0 Å². The summed E-state index contributed by atoms with van der Waals surface area (Å²) in [4.78, 5) is 10.7. The minimum absolute atomic E-state index is 0.0917. The van der Waals surface area contributed by atoms with E-state index in [9.17, 15) is 4.79 Å². The van der Waals surface area contributed by atoms with Crippen LogP contribution in [0.5, 0.6) is 0 Å². The molecule has 0 aliphatic carbocycles. The maximum Gasteiger partial charge on any atom is 0.165 e. The molecule has 1 nitrogen and oxygen atoms in total. The standard InChI is InChI=1S/C7H7IO/c1-6(9)7-4-2-3-5-8-7/h2-5H,1H3. The topological polar surface area (TPSA) is 17.1 Å². The molecule has 0 atom stereocenters. The Morgan fingerprint density at radius 3 is 2.67 bits per heavy atom. The highest BCUT2D eigenvalue weighted by Gasteiger charge is 1.98. The predicted molar refractivity (Wildman–Crippen MR) is 48.0 cm³/mol. The number of hydrogen-bond acceptors (Lipinski definition) is 1. The van der Waals surface area contributed by atoms with Crippen molar-refractivity contribution in [2.75, 3.05) is 0 Å². The van der Waals surface area contributed by atoms with Crippen LogP contribution < -0.4 is 0 Å². The number of Topliss-reactive ketones (excluding diaryl/α,β-unsaturated/α-hetero) is 1. The summed E-state index contributed by atoms with van der Waals surface area (Å²) in [5.41, 5.74) is 0. The van der Waals surface area contributed by atoms with Gasteiger partial charge in [-0.2, -0.15) is 0 Å². The van der Waals surface area contributed by atoms with E-state index in [0.29, 0.717) is 0 Å². The van der Waals surface area contributed by atoms with Gasteiger partial charge in [0.15, 0.2) is 5.78 Å². The summed E-state index contributed by atoms with van der Waals surface area (Å²) >= 11 is -0.0917. The molecule has 48 valence electrons. The average molecular weight is 234 g/mol. The van der Waals surface area contributed by atoms with Crippen LogP contribution in [0.15, 0.2) is 22.3 Å². The summed E-state index contributed by atoms with van der Waals surface area (Å²) in [7, 11) is 0. The molecule has 0 unspecified atom stereocenters. The molecule has 0 aromatic heterocycles. The smallest absolute Gasteiger partial charge is 0.165 e. The first kappa shape index (κ1) is 6.86. The zero-order chi connectivity index (χ0) is 6.69. The minimum atomic E-state index is -0.0917. The Hall–Kier alpha value is -0.250. The Kier molecular flexibility index (Phi) is 2.33. The van der Waals surface area contributed by atoms with Crippen LogP contribution in [0.3, 0.4) is 0 Å². The maximum absolute atomic E-state index is 10.7. The van der Waals surface area contributed by atoms with Gasteiger partial charge in [0.1, 0.15) is 0 Å². The second-order valence-electron chi connectivity index (χ2n) is 1.69. The van der Waals surface area contributed by atoms with Gasteiger partial charge in [-0.3, -0.25) is 4.79 Å². The van der Waals surface area contributed by atoms with Gasteiger partial charge < -0.3 is 0 Å². The number of allylic oxidation sites excluding steroid dienone is 3. The molecular weight excluding hydrogens is 227 g/mol. The average Bonchev–Trinajstić information content (AvgIpc) is 1.90. The Bertz CT molecular complexity index is 211. The van der Waals surface area contributed by atoms with Gasteiger partial charge in [0, 0.05) is 0 Å². The molecule has 0 saturated carbocycles. The Morgan fingerprint density at radius 2 is 2.33 bits per heavy atom. The van der Waals surface area contributed by atoms with Gasteiger partial charge in [-0.15, -0.1) is 0 Å². The molecule has 0 radical (unpaired) electrons. The molecule has 1 heterocycles. The number of ketones is 1. The third-order valence-electron chi connectivity index (χ3n) is 0.943. The van der Waals surface area contributed by atoms with E-state index in [1.807, 2.05) is 18.2 Å². The largest absolute Gasteiger partial charge is 0.294 e. The second kappa shape index (κ2) is 3.06. The summed E-state index contributed by atoms with van der Waals surface area (Å²) in [5.74, 6) is 0.225. The summed E-state index contributed by atoms with van der Waals surface area (Å²) in [6.07, 6.45) is 5.83. The van der Waals surface area contributed by atoms with Crippen LogP contribution in [0.4, 0.5) is 0 Å². The van der Waals surface area contributed by atoms with Crippen LogP contribution in [0.25, 0.3) is 0 Å². The van der Waals surface area contributed by atoms with Gasteiger partial charge in [-0.05, 0) is 17.1 Å². The Balaban J connectivity index is 2.84. The fourth-order valence-corrected chi connectivity index (χ4v) is 2.21. The van der Waals surface area contributed by atoms with Gasteiger partial charge in [0.25, 0.3) is 0 Å². The van der Waals surface area contributed by atoms with E-state index in [1.54, 1.807) is 6.92 Å². The van der Waals surface area contributed by atoms with Gasteiger partial charge in [-0.25, -0.2) is 0 Å². The van der Waals surface area contributed by atoms with Gasteiger partial charge >= 0.3 is 0 Å². The van der Waals surface area contributed by atoms with E-state index >= 15 is 0 Å². The van der Waals surface area contributed by atoms with Crippen LogP contribution in [0.2, 0.25) is 0 Å². The van der Waals surface area contributed by atoms with Crippen molar-refractivity contribution < 1.29 is 4.79 Å². The van der Waals surface area contributed by atoms with E-state index in [0.717, 1.165) is 3.51 Å². The molecule has 1 aliphatic rings. The highest BCUT2D eigenvalue weighted by molar-refractivity contribution is 14.2. The number of halogens is 1. The lowest BCUT2D eigenvalue weighted by molar-refractivity contribution is -0.110. The third-order valence-corrected chi connectivity index (χ3v) is 3.51. The van der Waals surface area contributed by atoms with Crippen LogP contribution in [-0.4, -0.2) is 9.29 Å². The van der Waals surface area contributed by atoms with Gasteiger partial charge in [0.2, 0.25) is 0 Å². The molecule has 2 heteroatoms. The quantitative estimate of drug-likeness (QED) is 0.632. The fraction of sp³-hybridized carbons (Fsp3) is 0.143. The molecule has 1 rings (SSSR count). The number of carbonyl (C=O) groups excluding carboxylic acids is 1. The normalized spacial score (nSPS) is 16.3. The lowest BCUT2D eigenvalue weighted by atomic mass is 10.3. The molecule has 0 bridgehead atoms. The monoisotopic (exact) mass is 234 g/mol. The molecule has 9 heavy (non-hydrogen) atoms. The Labute approximate surface area is 64.2 Å². The lowest BCUT2D eigenvalue weighted by Crippen LogP contribution is -2.02. The summed E-state index contributed by atoms with van der Waals surface area (Å²) in [6, 6.07) is 0. The lowest BCUT2D eigenvalue weighted by Gasteiger charge is -1.93. The fourth-order valence-electron chi connectivity index (χ4n) is 0.517. The van der Waals surface area contributed by atoms with Crippen LogP contribution in [-0.2, 0) is 4.79 Å². The zero-order valence-corrected chi connectivity index (χ0v) is 7.25. The first-order valence-electron chi connectivity index (χ1n) is 2.65. The van der Waals surface area contributed by atoms with E-state index in [2.05, 4.69) is 4.08 Å². The van der Waals surface area contributed by atoms with Crippen molar-refractivity contribution in [2.24, 2.45) is 0 Å². The third kappa shape index (κ3) is 1.86. The van der Waals surface area contributed by atoms with Gasteiger partial charge in [-0.1, -0.05) is 32.9 Å². The van der Waals surface area contributed by atoms with E-state index in [-0.39, 0.29) is 26.5 Å². The van der Waals surface area contributed by atoms with E-state index in [4.69, 9.17) is 0 Å². The molecule has 0 N–H and O–H groups in total. The first-order chi connectivity index (χ1) is 4.30. The minimum Gasteiger partial charge on any atom is -0.294 e. The van der Waals surface area contributed by atoms with Crippen molar-refractivity contribution in [2.45, 2.75) is 6.92 Å². The van der Waals surface area contributed by atoms with Crippen LogP contribution in [0, 0.1) is 0 Å². The van der Waals surface area contributed by atoms with Crippen molar-refractivity contribution in [1.29, 1.82) is 0 Å². The highest BCUT2D eigenvalue weighted by atomic mass is 127. The zero-order valence-electron chi connectivity index (χ0n) is 5.10. The molecule has 0 amide bonds. The summed E-state index contributed by atoms with van der Waals surface area (Å²) < 4.78 is 3.10. The first-order valence-corrected chi connectivity index (χ1v) is 4.97. The molecular formula is C7H7IO. The SMILES string of the molecule is CC(=O)C1=IC=CC=C1. The predicted octanol–water partition coefficient (Wildman–Crippen LogP) is 1.80. The van der Waals surface area contributed by atoms with Crippen molar-refractivity contribution in [3.63, 3.8) is 0 Å². The second-order valence-corrected chi connectivity index (χ2v) is 4.19. The van der Waals surface area contributed by atoms with Crippen molar-refractivity contribution in [3.05, 3.63) is 22.3 Å². The summed E-state index contributed by atoms with van der Waals surface area (Å²) in [6.45, 7) is 1.62. The molecule has 0 aromatic rings. The summed E-state index contributed by atoms with van der Waals surface area (Å²) in [5, 5.41) is 0. The van der Waals surface area contributed by atoms with Crippen molar-refractivity contribution in [3.8, 4) is 0 Å². The van der Waals surface area contributed by atoms with Gasteiger partial charge in [0.05, 0.1) is 3.51 Å². The number of rotatable bonds is 1. The van der Waals surface area contributed by atoms with E-state index < -0.39 is 0 Å². The molecule has 0 saturated heterocycles. The van der Waals surface area contributed by atoms with Crippen LogP contribution >= 0.6 is 20.7 Å². The Morgan fingerprint density at radius 1 is 1.56 bits per heavy atom. The molecule has 1 aliphatic heterocycles. The molecule has 0 fully saturated rings. The molecule has 0 aromatic carbocycles. The van der Waals surface area contributed by atoms with Crippen LogP contribution in [0.1, 0.15) is 6.92 Å². The number of hydrogen-bond donors (Lipinski definition) is 0. The molecule has 0 spiro atoms. The highest BCUT2D eigenvalue weighted by Crippen LogP contribution is 2.09.